The number of esters is 2. The van der Waals surface area contributed by atoms with Gasteiger partial charge in [-0.25, -0.2) is 0 Å². The van der Waals surface area contributed by atoms with Gasteiger partial charge in [0.25, 0.3) is 0 Å². The van der Waals surface area contributed by atoms with Crippen LogP contribution in [-0.2, 0) is 14.4 Å². The van der Waals surface area contributed by atoms with E-state index in [0.29, 0.717) is 38.7 Å². The predicted molar refractivity (Wildman–Crippen MR) is 98.4 cm³/mol. The second-order valence-electron chi connectivity index (χ2n) is 5.83. The van der Waals surface area contributed by atoms with Crippen LogP contribution in [0.25, 0.3) is 21.5 Å². The molecule has 0 saturated heterocycles. The van der Waals surface area contributed by atoms with Crippen LogP contribution in [0.1, 0.15) is 20.8 Å². The van der Waals surface area contributed by atoms with Crippen LogP contribution in [0, 0.1) is 0 Å². The Labute approximate surface area is 149 Å². The summed E-state index contributed by atoms with van der Waals surface area (Å²) in [5, 5.41) is 5.14. The molecule has 6 heteroatoms. The van der Waals surface area contributed by atoms with E-state index in [2.05, 4.69) is 5.32 Å². The van der Waals surface area contributed by atoms with Gasteiger partial charge in [0.05, 0.1) is 0 Å². The van der Waals surface area contributed by atoms with Gasteiger partial charge in [0, 0.05) is 48.0 Å². The van der Waals surface area contributed by atoms with Gasteiger partial charge < -0.3 is 14.8 Å². The minimum absolute atomic E-state index is 0.223. The van der Waals surface area contributed by atoms with Crippen molar-refractivity contribution in [3.8, 4) is 11.5 Å². The van der Waals surface area contributed by atoms with E-state index < -0.39 is 11.9 Å². The van der Waals surface area contributed by atoms with Gasteiger partial charge in [0.15, 0.2) is 0 Å². The summed E-state index contributed by atoms with van der Waals surface area (Å²) in [6, 6.07) is 12.3. The van der Waals surface area contributed by atoms with Gasteiger partial charge in [-0.15, -0.1) is 0 Å². The van der Waals surface area contributed by atoms with Crippen LogP contribution in [-0.4, -0.2) is 17.8 Å². The summed E-state index contributed by atoms with van der Waals surface area (Å²) >= 11 is 0. The van der Waals surface area contributed by atoms with Crippen LogP contribution >= 0.6 is 0 Å². The second-order valence-corrected chi connectivity index (χ2v) is 5.83. The molecule has 132 valence electrons. The van der Waals surface area contributed by atoms with E-state index in [4.69, 9.17) is 9.47 Å². The molecule has 0 aliphatic heterocycles. The molecule has 0 spiro atoms. The third kappa shape index (κ3) is 3.35. The first-order valence-electron chi connectivity index (χ1n) is 7.99. The molecule has 1 amide bonds. The Morgan fingerprint density at radius 1 is 0.731 bits per heavy atom. The zero-order chi connectivity index (χ0) is 18.8. The Morgan fingerprint density at radius 3 is 1.73 bits per heavy atom. The number of rotatable bonds is 3. The van der Waals surface area contributed by atoms with Gasteiger partial charge in [-0.05, 0) is 18.2 Å². The maximum atomic E-state index is 11.6. The first-order chi connectivity index (χ1) is 12.4. The van der Waals surface area contributed by atoms with Crippen molar-refractivity contribution in [3.05, 3.63) is 42.5 Å². The number of hydrogen-bond acceptors (Lipinski definition) is 5. The molecular weight excluding hydrogens is 334 g/mol. The van der Waals surface area contributed by atoms with Crippen molar-refractivity contribution in [2.24, 2.45) is 0 Å². The van der Waals surface area contributed by atoms with E-state index in [1.54, 1.807) is 36.4 Å². The summed E-state index contributed by atoms with van der Waals surface area (Å²) in [7, 11) is 0. The van der Waals surface area contributed by atoms with Gasteiger partial charge in [-0.1, -0.05) is 24.3 Å². The Bertz CT molecular complexity index is 1050. The van der Waals surface area contributed by atoms with Gasteiger partial charge in [-0.2, -0.15) is 0 Å². The highest BCUT2D eigenvalue weighted by atomic mass is 16.5. The summed E-state index contributed by atoms with van der Waals surface area (Å²) in [6.07, 6.45) is 0. The lowest BCUT2D eigenvalue weighted by molar-refractivity contribution is -0.132. The number of carbonyl (C=O) groups is 3. The van der Waals surface area contributed by atoms with E-state index in [0.717, 1.165) is 0 Å². The molecule has 0 aliphatic carbocycles. The zero-order valence-electron chi connectivity index (χ0n) is 14.6. The average Bonchev–Trinajstić information content (AvgIpc) is 2.56. The van der Waals surface area contributed by atoms with Crippen molar-refractivity contribution >= 4 is 45.1 Å². The predicted octanol–water partition coefficient (Wildman–Crippen LogP) is 3.80. The van der Waals surface area contributed by atoms with E-state index >= 15 is 0 Å². The molecule has 0 saturated carbocycles. The van der Waals surface area contributed by atoms with Crippen molar-refractivity contribution in [1.29, 1.82) is 0 Å². The largest absolute Gasteiger partial charge is 0.425 e. The Kier molecular flexibility index (Phi) is 4.58. The highest BCUT2D eigenvalue weighted by molar-refractivity contribution is 6.13. The van der Waals surface area contributed by atoms with Crippen LogP contribution in [0.5, 0.6) is 11.5 Å². The van der Waals surface area contributed by atoms with Crippen molar-refractivity contribution in [3.63, 3.8) is 0 Å². The molecule has 0 aromatic heterocycles. The number of amides is 1. The third-order valence-electron chi connectivity index (χ3n) is 3.74. The lowest BCUT2D eigenvalue weighted by Gasteiger charge is -2.16. The van der Waals surface area contributed by atoms with Crippen LogP contribution < -0.4 is 14.8 Å². The van der Waals surface area contributed by atoms with Gasteiger partial charge in [0.2, 0.25) is 5.91 Å². The Hall–Kier alpha value is -3.41. The molecule has 0 unspecified atom stereocenters. The molecule has 0 bridgehead atoms. The average molecular weight is 351 g/mol. The monoisotopic (exact) mass is 351 g/mol. The number of nitrogens with one attached hydrogen (secondary N) is 1. The molecule has 0 radical (unpaired) electrons. The molecule has 3 aromatic carbocycles. The lowest BCUT2D eigenvalue weighted by Crippen LogP contribution is -2.08. The zero-order valence-corrected chi connectivity index (χ0v) is 14.6. The molecule has 6 nitrogen and oxygen atoms in total. The number of hydrogen-bond donors (Lipinski definition) is 1. The van der Waals surface area contributed by atoms with E-state index in [1.807, 2.05) is 6.07 Å². The summed E-state index contributed by atoms with van der Waals surface area (Å²) in [4.78, 5) is 34.6. The quantitative estimate of drug-likeness (QED) is 0.441. The smallest absolute Gasteiger partial charge is 0.308 e. The first-order valence-corrected chi connectivity index (χ1v) is 7.99. The Balaban J connectivity index is 2.42. The maximum absolute atomic E-state index is 11.6. The molecule has 1 N–H and O–H groups in total. The number of benzene rings is 3. The van der Waals surface area contributed by atoms with Crippen LogP contribution in [0.2, 0.25) is 0 Å². The normalized spacial score (nSPS) is 10.6. The fourth-order valence-electron chi connectivity index (χ4n) is 2.89. The van der Waals surface area contributed by atoms with Crippen LogP contribution in [0.4, 0.5) is 5.69 Å². The fraction of sp³-hybridized carbons (Fsp3) is 0.150. The number of ether oxygens (including phenoxy) is 2. The molecule has 0 atom stereocenters. The summed E-state index contributed by atoms with van der Waals surface area (Å²) in [5.74, 6) is -0.414. The molecule has 0 aliphatic rings. The van der Waals surface area contributed by atoms with Crippen molar-refractivity contribution < 1.29 is 23.9 Å². The molecular formula is C20H17NO5. The first kappa shape index (κ1) is 17.4. The highest BCUT2D eigenvalue weighted by Gasteiger charge is 2.19. The molecule has 26 heavy (non-hydrogen) atoms. The molecule has 3 rings (SSSR count). The van der Waals surface area contributed by atoms with E-state index in [1.165, 1.54) is 20.8 Å². The van der Waals surface area contributed by atoms with E-state index in [9.17, 15) is 14.4 Å². The maximum Gasteiger partial charge on any atom is 0.308 e. The van der Waals surface area contributed by atoms with Crippen LogP contribution in [0.15, 0.2) is 42.5 Å². The highest BCUT2D eigenvalue weighted by Crippen LogP contribution is 2.43. The van der Waals surface area contributed by atoms with Crippen molar-refractivity contribution in [2.45, 2.75) is 20.8 Å². The SMILES string of the molecule is CC(=O)Nc1ccc2c(OC(C)=O)c3ccccc3c(OC(C)=O)c2c1. The molecule has 3 aromatic rings. The number of carbonyl (C=O) groups excluding carboxylic acids is 3. The standard InChI is InChI=1S/C20H17NO5/c1-11(22)21-14-8-9-17-18(10-14)20(26-13(3)24)16-7-5-4-6-15(16)19(17)25-12(2)23/h4-10H,1-3H3,(H,21,22). The number of fused-ring (bicyclic) bond motifs is 2. The number of anilines is 1. The van der Waals surface area contributed by atoms with Gasteiger partial charge in [-0.3, -0.25) is 14.4 Å². The topological polar surface area (TPSA) is 81.7 Å². The second kappa shape index (κ2) is 6.84. The molecule has 0 heterocycles. The summed E-state index contributed by atoms with van der Waals surface area (Å²) in [5.41, 5.74) is 0.544. The Morgan fingerprint density at radius 2 is 1.23 bits per heavy atom. The van der Waals surface area contributed by atoms with Gasteiger partial charge >= 0.3 is 11.9 Å². The minimum Gasteiger partial charge on any atom is -0.425 e. The minimum atomic E-state index is -0.471. The summed E-state index contributed by atoms with van der Waals surface area (Å²) < 4.78 is 10.9. The fourth-order valence-corrected chi connectivity index (χ4v) is 2.89. The lowest BCUT2D eigenvalue weighted by atomic mass is 10.00. The third-order valence-corrected chi connectivity index (χ3v) is 3.74. The van der Waals surface area contributed by atoms with E-state index in [-0.39, 0.29) is 5.91 Å². The van der Waals surface area contributed by atoms with Crippen LogP contribution in [0.3, 0.4) is 0 Å². The van der Waals surface area contributed by atoms with Crippen molar-refractivity contribution in [2.75, 3.05) is 5.32 Å². The van der Waals surface area contributed by atoms with Crippen molar-refractivity contribution in [1.82, 2.24) is 0 Å². The summed E-state index contributed by atoms with van der Waals surface area (Å²) in [6.45, 7) is 4.05. The van der Waals surface area contributed by atoms with Gasteiger partial charge in [0.1, 0.15) is 11.5 Å². The molecule has 0 fully saturated rings.